The molecule has 0 fully saturated rings. The number of hydrogen-bond acceptors (Lipinski definition) is 3. The molecule has 0 saturated heterocycles. The van der Waals surface area contributed by atoms with Gasteiger partial charge in [0.1, 0.15) is 11.6 Å². The smallest absolute Gasteiger partial charge is 0.335 e. The Balaban J connectivity index is 1.95. The second-order valence-electron chi connectivity index (χ2n) is 6.26. The minimum absolute atomic E-state index is 0.105. The lowest BCUT2D eigenvalue weighted by molar-refractivity contribution is 0.0697. The molecule has 8 heteroatoms. The lowest BCUT2D eigenvalue weighted by Gasteiger charge is -2.05. The van der Waals surface area contributed by atoms with Crippen molar-refractivity contribution in [3.8, 4) is 22.4 Å². The van der Waals surface area contributed by atoms with E-state index >= 15 is 0 Å². The molecule has 0 aliphatic rings. The minimum Gasteiger partial charge on any atom is -0.478 e. The fourth-order valence-electron chi connectivity index (χ4n) is 3.10. The SMILES string of the molecule is Cc1[nH]n2c(=O)cc(-c3ccc(C(=O)O)cc3)nc2c1-c1ccc(F)cc1F. The number of carbonyl (C=O) groups is 1. The van der Waals surface area contributed by atoms with Gasteiger partial charge in [0.25, 0.3) is 5.56 Å². The van der Waals surface area contributed by atoms with E-state index in [2.05, 4.69) is 10.1 Å². The first-order valence-corrected chi connectivity index (χ1v) is 8.26. The van der Waals surface area contributed by atoms with Crippen LogP contribution < -0.4 is 5.56 Å². The summed E-state index contributed by atoms with van der Waals surface area (Å²) in [5.74, 6) is -2.54. The molecule has 0 aliphatic carbocycles. The van der Waals surface area contributed by atoms with Crippen molar-refractivity contribution in [3.63, 3.8) is 0 Å². The fraction of sp³-hybridized carbons (Fsp3) is 0.0500. The van der Waals surface area contributed by atoms with Crippen molar-refractivity contribution in [2.45, 2.75) is 6.92 Å². The number of benzene rings is 2. The number of rotatable bonds is 3. The Morgan fingerprint density at radius 3 is 2.46 bits per heavy atom. The predicted molar refractivity (Wildman–Crippen MR) is 98.3 cm³/mol. The van der Waals surface area contributed by atoms with Crippen molar-refractivity contribution in [1.82, 2.24) is 14.6 Å². The Morgan fingerprint density at radius 2 is 1.82 bits per heavy atom. The van der Waals surface area contributed by atoms with Crippen molar-refractivity contribution in [1.29, 1.82) is 0 Å². The molecule has 2 N–H and O–H groups in total. The summed E-state index contributed by atoms with van der Waals surface area (Å²) in [4.78, 5) is 28.0. The quantitative estimate of drug-likeness (QED) is 0.567. The summed E-state index contributed by atoms with van der Waals surface area (Å²) in [6.45, 7) is 1.66. The topological polar surface area (TPSA) is 87.5 Å². The number of carboxylic acids is 1. The first-order valence-electron chi connectivity index (χ1n) is 8.26. The number of nitrogens with zero attached hydrogens (tertiary/aromatic N) is 2. The molecule has 2 aromatic carbocycles. The van der Waals surface area contributed by atoms with E-state index in [0.29, 0.717) is 22.5 Å². The van der Waals surface area contributed by atoms with Gasteiger partial charge in [0, 0.05) is 34.5 Å². The summed E-state index contributed by atoms with van der Waals surface area (Å²) in [7, 11) is 0. The summed E-state index contributed by atoms with van der Waals surface area (Å²) in [5, 5.41) is 11.8. The maximum atomic E-state index is 14.3. The van der Waals surface area contributed by atoms with Crippen molar-refractivity contribution in [2.75, 3.05) is 0 Å². The number of H-pyrrole nitrogens is 1. The summed E-state index contributed by atoms with van der Waals surface area (Å²) in [6.07, 6.45) is 0. The van der Waals surface area contributed by atoms with E-state index < -0.39 is 23.2 Å². The molecule has 2 aromatic heterocycles. The lowest BCUT2D eigenvalue weighted by Crippen LogP contribution is -2.14. The van der Waals surface area contributed by atoms with E-state index in [-0.39, 0.29) is 16.8 Å². The Morgan fingerprint density at radius 1 is 1.11 bits per heavy atom. The zero-order valence-corrected chi connectivity index (χ0v) is 14.5. The van der Waals surface area contributed by atoms with Crippen LogP contribution in [0.5, 0.6) is 0 Å². The van der Waals surface area contributed by atoms with Crippen molar-refractivity contribution in [2.24, 2.45) is 0 Å². The van der Waals surface area contributed by atoms with Crippen LogP contribution in [0.4, 0.5) is 8.78 Å². The Hall–Kier alpha value is -3.81. The highest BCUT2D eigenvalue weighted by atomic mass is 19.1. The monoisotopic (exact) mass is 381 g/mol. The summed E-state index contributed by atoms with van der Waals surface area (Å²) >= 11 is 0. The predicted octanol–water partition coefficient (Wildman–Crippen LogP) is 3.64. The van der Waals surface area contributed by atoms with Gasteiger partial charge in [-0.25, -0.2) is 23.1 Å². The summed E-state index contributed by atoms with van der Waals surface area (Å²) < 4.78 is 28.8. The highest BCUT2D eigenvalue weighted by molar-refractivity contribution is 5.88. The third kappa shape index (κ3) is 2.84. The minimum atomic E-state index is -1.06. The van der Waals surface area contributed by atoms with Crippen LogP contribution in [-0.2, 0) is 0 Å². The third-order valence-electron chi connectivity index (χ3n) is 4.42. The first-order chi connectivity index (χ1) is 13.3. The number of aryl methyl sites for hydroxylation is 1. The number of fused-ring (bicyclic) bond motifs is 1. The van der Waals surface area contributed by atoms with Crippen LogP contribution in [0.1, 0.15) is 16.1 Å². The molecule has 0 spiro atoms. The summed E-state index contributed by atoms with van der Waals surface area (Å²) in [5.41, 5.74) is 1.67. The second kappa shape index (κ2) is 6.41. The molecule has 4 aromatic rings. The van der Waals surface area contributed by atoms with Crippen molar-refractivity contribution >= 4 is 11.6 Å². The lowest BCUT2D eigenvalue weighted by atomic mass is 10.0. The van der Waals surface area contributed by atoms with Crippen molar-refractivity contribution < 1.29 is 18.7 Å². The Kier molecular flexibility index (Phi) is 4.03. The molecule has 2 heterocycles. The van der Waals surface area contributed by atoms with Crippen LogP contribution in [0, 0.1) is 18.6 Å². The van der Waals surface area contributed by atoms with E-state index in [1.807, 2.05) is 0 Å². The van der Waals surface area contributed by atoms with E-state index in [9.17, 15) is 18.4 Å². The van der Waals surface area contributed by atoms with Crippen LogP contribution in [0.25, 0.3) is 28.0 Å². The van der Waals surface area contributed by atoms with Gasteiger partial charge in [0.15, 0.2) is 5.65 Å². The highest BCUT2D eigenvalue weighted by Crippen LogP contribution is 2.30. The average Bonchev–Trinajstić information content (AvgIpc) is 2.98. The molecule has 0 atom stereocenters. The molecule has 0 radical (unpaired) electrons. The standard InChI is InChI=1S/C20H13F2N3O3/c1-10-18(14-7-6-13(21)8-15(14)22)19-23-16(9-17(26)25(19)24-10)11-2-4-12(5-3-11)20(27)28/h2-9,24H,1H3,(H,27,28). The number of carboxylic acid groups (broad SMARTS) is 1. The highest BCUT2D eigenvalue weighted by Gasteiger charge is 2.18. The van der Waals surface area contributed by atoms with Crippen molar-refractivity contribution in [3.05, 3.63) is 81.8 Å². The van der Waals surface area contributed by atoms with Crippen LogP contribution in [0.15, 0.2) is 53.3 Å². The van der Waals surface area contributed by atoms with E-state index in [4.69, 9.17) is 5.11 Å². The first kappa shape index (κ1) is 17.6. The number of aromatic amines is 1. The molecule has 6 nitrogen and oxygen atoms in total. The molecule has 28 heavy (non-hydrogen) atoms. The average molecular weight is 381 g/mol. The van der Waals surface area contributed by atoms with Gasteiger partial charge in [-0.2, -0.15) is 0 Å². The van der Waals surface area contributed by atoms with Gasteiger partial charge >= 0.3 is 5.97 Å². The van der Waals surface area contributed by atoms with Gasteiger partial charge in [-0.3, -0.25) is 9.89 Å². The maximum absolute atomic E-state index is 14.3. The molecule has 140 valence electrons. The number of aromatic nitrogens is 3. The molecule has 0 amide bonds. The fourth-order valence-corrected chi connectivity index (χ4v) is 3.10. The normalized spacial score (nSPS) is 11.1. The van der Waals surface area contributed by atoms with Gasteiger partial charge in [0.2, 0.25) is 0 Å². The van der Waals surface area contributed by atoms with Gasteiger partial charge in [-0.15, -0.1) is 0 Å². The maximum Gasteiger partial charge on any atom is 0.335 e. The second-order valence-corrected chi connectivity index (χ2v) is 6.26. The molecule has 0 unspecified atom stereocenters. The van der Waals surface area contributed by atoms with Crippen LogP contribution >= 0.6 is 0 Å². The zero-order valence-electron chi connectivity index (χ0n) is 14.5. The third-order valence-corrected chi connectivity index (χ3v) is 4.42. The van der Waals surface area contributed by atoms with Gasteiger partial charge in [-0.1, -0.05) is 12.1 Å². The molecule has 0 bridgehead atoms. The van der Waals surface area contributed by atoms with Gasteiger partial charge in [0.05, 0.1) is 11.3 Å². The number of halogens is 2. The molecule has 4 rings (SSSR count). The van der Waals surface area contributed by atoms with E-state index in [1.54, 1.807) is 19.1 Å². The largest absolute Gasteiger partial charge is 0.478 e. The Labute approximate surface area is 156 Å². The van der Waals surface area contributed by atoms with E-state index in [1.165, 1.54) is 28.8 Å². The van der Waals surface area contributed by atoms with Gasteiger partial charge < -0.3 is 5.11 Å². The molecular formula is C20H13F2N3O3. The van der Waals surface area contributed by atoms with Crippen LogP contribution in [-0.4, -0.2) is 25.7 Å². The zero-order chi connectivity index (χ0) is 20.0. The van der Waals surface area contributed by atoms with Crippen LogP contribution in [0.2, 0.25) is 0 Å². The van der Waals surface area contributed by atoms with E-state index in [0.717, 1.165) is 12.1 Å². The summed E-state index contributed by atoms with van der Waals surface area (Å²) in [6, 6.07) is 10.4. The van der Waals surface area contributed by atoms with Gasteiger partial charge in [-0.05, 0) is 31.2 Å². The number of hydrogen-bond donors (Lipinski definition) is 2. The van der Waals surface area contributed by atoms with Crippen LogP contribution in [0.3, 0.4) is 0 Å². The number of nitrogens with one attached hydrogen (secondary N) is 1. The molecule has 0 saturated carbocycles. The number of aromatic carboxylic acids is 1. The molecular weight excluding hydrogens is 368 g/mol. The molecule has 0 aliphatic heterocycles. The Bertz CT molecular complexity index is 1290.